The van der Waals surface area contributed by atoms with Gasteiger partial charge in [0.25, 0.3) is 0 Å². The summed E-state index contributed by atoms with van der Waals surface area (Å²) in [4.78, 5) is 22.3. The minimum absolute atomic E-state index is 0.0553. The van der Waals surface area contributed by atoms with Crippen molar-refractivity contribution in [2.45, 2.75) is 25.2 Å². The Hall–Kier alpha value is -2.04. The number of para-hydroxylation sites is 1. The van der Waals surface area contributed by atoms with Crippen molar-refractivity contribution in [3.63, 3.8) is 0 Å². The number of amides is 1. The number of unbranched alkanes of at least 4 members (excludes halogenated alkanes) is 1. The van der Waals surface area contributed by atoms with Gasteiger partial charge >= 0.3 is 5.97 Å². The first kappa shape index (κ1) is 13.4. The molecule has 0 saturated carbocycles. The van der Waals surface area contributed by atoms with Crippen LogP contribution >= 0.6 is 0 Å². The van der Waals surface area contributed by atoms with Crippen LogP contribution in [-0.4, -0.2) is 30.1 Å². The maximum absolute atomic E-state index is 12.0. The van der Waals surface area contributed by atoms with Crippen molar-refractivity contribution in [3.8, 4) is 5.75 Å². The number of benzene rings is 1. The monoisotopic (exact) mass is 263 g/mol. The lowest BCUT2D eigenvalue weighted by Crippen LogP contribution is -2.31. The molecule has 5 heteroatoms. The number of nitrogens with one attached hydrogen (secondary N) is 1. The molecule has 0 saturated heterocycles. The molecule has 1 atom stereocenters. The molecule has 0 aromatic heterocycles. The van der Waals surface area contributed by atoms with Crippen molar-refractivity contribution in [1.29, 1.82) is 0 Å². The van der Waals surface area contributed by atoms with Crippen LogP contribution in [0.3, 0.4) is 0 Å². The van der Waals surface area contributed by atoms with E-state index in [1.54, 1.807) is 0 Å². The minimum atomic E-state index is -0.801. The third kappa shape index (κ3) is 3.47. The van der Waals surface area contributed by atoms with E-state index in [4.69, 9.17) is 9.84 Å². The molecule has 0 fully saturated rings. The van der Waals surface area contributed by atoms with Crippen LogP contribution in [0.2, 0.25) is 0 Å². The Labute approximate surface area is 111 Å². The number of carboxylic acid groups (broad SMARTS) is 1. The summed E-state index contributed by atoms with van der Waals surface area (Å²) in [5, 5.41) is 11.3. The fourth-order valence-corrected chi connectivity index (χ4v) is 2.12. The molecule has 2 N–H and O–H groups in total. The number of aliphatic carboxylic acids is 1. The Kier molecular flexibility index (Phi) is 4.39. The highest BCUT2D eigenvalue weighted by molar-refractivity contribution is 5.85. The van der Waals surface area contributed by atoms with Crippen LogP contribution in [0.25, 0.3) is 0 Å². The molecular formula is C14H17NO4. The van der Waals surface area contributed by atoms with E-state index in [0.717, 1.165) is 11.3 Å². The second kappa shape index (κ2) is 6.22. The molecule has 1 amide bonds. The lowest BCUT2D eigenvalue weighted by atomic mass is 10.0. The van der Waals surface area contributed by atoms with Crippen LogP contribution in [0.5, 0.6) is 5.75 Å². The first-order valence-electron chi connectivity index (χ1n) is 6.39. The van der Waals surface area contributed by atoms with Crippen molar-refractivity contribution in [2.24, 2.45) is 0 Å². The molecule has 0 unspecified atom stereocenters. The number of fused-ring (bicyclic) bond motifs is 1. The van der Waals surface area contributed by atoms with Gasteiger partial charge in [-0.25, -0.2) is 0 Å². The molecule has 0 radical (unpaired) electrons. The van der Waals surface area contributed by atoms with E-state index in [9.17, 15) is 9.59 Å². The Bertz CT molecular complexity index is 472. The van der Waals surface area contributed by atoms with E-state index >= 15 is 0 Å². The van der Waals surface area contributed by atoms with Crippen LogP contribution in [0.1, 0.15) is 30.7 Å². The van der Waals surface area contributed by atoms with Gasteiger partial charge in [0.15, 0.2) is 0 Å². The van der Waals surface area contributed by atoms with Crippen LogP contribution in [0.15, 0.2) is 24.3 Å². The second-order valence-electron chi connectivity index (χ2n) is 4.54. The number of hydrogen-bond donors (Lipinski definition) is 2. The van der Waals surface area contributed by atoms with Gasteiger partial charge in [-0.15, -0.1) is 0 Å². The van der Waals surface area contributed by atoms with Crippen molar-refractivity contribution >= 4 is 11.9 Å². The molecule has 5 nitrogen and oxygen atoms in total. The van der Waals surface area contributed by atoms with Gasteiger partial charge in [0.05, 0.1) is 0 Å². The zero-order chi connectivity index (χ0) is 13.7. The lowest BCUT2D eigenvalue weighted by Gasteiger charge is -2.09. The van der Waals surface area contributed by atoms with Gasteiger partial charge in [-0.05, 0) is 18.9 Å². The number of ether oxygens (including phenoxy) is 1. The van der Waals surface area contributed by atoms with Gasteiger partial charge < -0.3 is 15.2 Å². The Balaban J connectivity index is 1.77. The predicted octanol–water partition coefficient (Wildman–Crippen LogP) is 1.53. The smallest absolute Gasteiger partial charge is 0.303 e. The quantitative estimate of drug-likeness (QED) is 0.763. The van der Waals surface area contributed by atoms with E-state index in [-0.39, 0.29) is 18.2 Å². The summed E-state index contributed by atoms with van der Waals surface area (Å²) in [5.74, 6) is -0.339. The van der Waals surface area contributed by atoms with E-state index < -0.39 is 5.97 Å². The molecule has 19 heavy (non-hydrogen) atoms. The summed E-state index contributed by atoms with van der Waals surface area (Å²) < 4.78 is 5.45. The number of rotatable bonds is 6. The SMILES string of the molecule is O=C(O)CCCCNC(=O)[C@@H]1COc2ccccc21. The minimum Gasteiger partial charge on any atom is -0.492 e. The number of hydrogen-bond acceptors (Lipinski definition) is 3. The van der Waals surface area contributed by atoms with Gasteiger partial charge in [0.1, 0.15) is 18.3 Å². The molecule has 1 heterocycles. The Morgan fingerprint density at radius 1 is 1.32 bits per heavy atom. The summed E-state index contributed by atoms with van der Waals surface area (Å²) in [5.41, 5.74) is 0.922. The fourth-order valence-electron chi connectivity index (χ4n) is 2.12. The molecule has 1 aliphatic heterocycles. The van der Waals surface area contributed by atoms with Crippen LogP contribution in [0, 0.1) is 0 Å². The molecule has 1 aromatic carbocycles. The van der Waals surface area contributed by atoms with Gasteiger partial charge in [0, 0.05) is 18.5 Å². The maximum Gasteiger partial charge on any atom is 0.303 e. The molecule has 102 valence electrons. The lowest BCUT2D eigenvalue weighted by molar-refractivity contribution is -0.137. The number of carbonyl (C=O) groups excluding carboxylic acids is 1. The van der Waals surface area contributed by atoms with Crippen molar-refractivity contribution in [1.82, 2.24) is 5.32 Å². The van der Waals surface area contributed by atoms with Crippen molar-refractivity contribution in [3.05, 3.63) is 29.8 Å². The topological polar surface area (TPSA) is 75.6 Å². The molecule has 0 aliphatic carbocycles. The fraction of sp³-hybridized carbons (Fsp3) is 0.429. The predicted molar refractivity (Wildman–Crippen MR) is 69.2 cm³/mol. The van der Waals surface area contributed by atoms with Gasteiger partial charge in [0.2, 0.25) is 5.91 Å². The van der Waals surface area contributed by atoms with E-state index in [1.807, 2.05) is 24.3 Å². The van der Waals surface area contributed by atoms with Crippen LogP contribution in [-0.2, 0) is 9.59 Å². The molecule has 1 aliphatic rings. The molecular weight excluding hydrogens is 246 g/mol. The van der Waals surface area contributed by atoms with Crippen LogP contribution in [0.4, 0.5) is 0 Å². The van der Waals surface area contributed by atoms with E-state index in [0.29, 0.717) is 26.0 Å². The number of carboxylic acids is 1. The molecule has 1 aromatic rings. The largest absolute Gasteiger partial charge is 0.492 e. The summed E-state index contributed by atoms with van der Waals surface area (Å²) in [6.45, 7) is 0.880. The molecule has 2 rings (SSSR count). The normalized spacial score (nSPS) is 16.5. The van der Waals surface area contributed by atoms with Gasteiger partial charge in [-0.3, -0.25) is 9.59 Å². The molecule has 0 spiro atoms. The van der Waals surface area contributed by atoms with Crippen molar-refractivity contribution in [2.75, 3.05) is 13.2 Å². The Morgan fingerprint density at radius 2 is 2.11 bits per heavy atom. The summed E-state index contributed by atoms with van der Waals surface area (Å²) in [6, 6.07) is 7.53. The van der Waals surface area contributed by atoms with Crippen molar-refractivity contribution < 1.29 is 19.4 Å². The van der Waals surface area contributed by atoms with Gasteiger partial charge in [-0.2, -0.15) is 0 Å². The highest BCUT2D eigenvalue weighted by Crippen LogP contribution is 2.33. The molecule has 0 bridgehead atoms. The highest BCUT2D eigenvalue weighted by Gasteiger charge is 2.29. The van der Waals surface area contributed by atoms with E-state index in [1.165, 1.54) is 0 Å². The maximum atomic E-state index is 12.0. The van der Waals surface area contributed by atoms with Gasteiger partial charge in [-0.1, -0.05) is 18.2 Å². The standard InChI is InChI=1S/C14H17NO4/c16-13(17)7-3-4-8-15-14(18)11-9-19-12-6-2-1-5-10(11)12/h1-2,5-6,11H,3-4,7-9H2,(H,15,18)(H,16,17)/t11-/m1/s1. The summed E-state index contributed by atoms with van der Waals surface area (Å²) in [7, 11) is 0. The second-order valence-corrected chi connectivity index (χ2v) is 4.54. The zero-order valence-electron chi connectivity index (χ0n) is 10.6. The highest BCUT2D eigenvalue weighted by atomic mass is 16.5. The first-order valence-corrected chi connectivity index (χ1v) is 6.39. The summed E-state index contributed by atoms with van der Waals surface area (Å²) >= 11 is 0. The third-order valence-electron chi connectivity index (χ3n) is 3.13. The average Bonchev–Trinajstić information content (AvgIpc) is 2.81. The summed E-state index contributed by atoms with van der Waals surface area (Å²) in [6.07, 6.45) is 1.39. The Morgan fingerprint density at radius 3 is 2.89 bits per heavy atom. The average molecular weight is 263 g/mol. The van der Waals surface area contributed by atoms with E-state index in [2.05, 4.69) is 5.32 Å². The third-order valence-corrected chi connectivity index (χ3v) is 3.13. The van der Waals surface area contributed by atoms with Crippen LogP contribution < -0.4 is 10.1 Å². The first-order chi connectivity index (χ1) is 9.18. The number of carbonyl (C=O) groups is 2. The zero-order valence-corrected chi connectivity index (χ0v) is 10.6.